The Hall–Kier alpha value is -1.18. The maximum atomic E-state index is 12.8. The fourth-order valence-electron chi connectivity index (χ4n) is 1.12. The molecule has 0 unspecified atom stereocenters. The predicted octanol–water partition coefficient (Wildman–Crippen LogP) is 3.84. The maximum Gasteiger partial charge on any atom is 0.461 e. The summed E-state index contributed by atoms with van der Waals surface area (Å²) in [6.07, 6.45) is -5.92. The topological polar surface area (TPSA) is 26.3 Å². The number of methoxy groups -OCH3 is 1. The van der Waals surface area contributed by atoms with Gasteiger partial charge >= 0.3 is 12.1 Å². The first-order chi connectivity index (χ1) is 8.11. The number of ketones is 1. The van der Waals surface area contributed by atoms with Crippen molar-refractivity contribution in [1.29, 1.82) is 0 Å². The van der Waals surface area contributed by atoms with Crippen LogP contribution in [0.5, 0.6) is 5.75 Å². The third-order valence-electron chi connectivity index (χ3n) is 2.06. The normalized spacial score (nSPS) is 12.4. The minimum absolute atomic E-state index is 0.105. The molecule has 18 heavy (non-hydrogen) atoms. The lowest BCUT2D eigenvalue weighted by Crippen LogP contribution is -2.44. The number of carbonyl (C=O) groups excluding carboxylic acids is 1. The fraction of sp³-hybridized carbons (Fsp3) is 0.300. The molecule has 8 heteroatoms. The molecule has 2 nitrogen and oxygen atoms in total. The summed E-state index contributed by atoms with van der Waals surface area (Å²) >= 11 is 2.89. The van der Waals surface area contributed by atoms with Gasteiger partial charge in [-0.05, 0) is 34.1 Å². The van der Waals surface area contributed by atoms with Crippen molar-refractivity contribution in [3.8, 4) is 5.75 Å². The Morgan fingerprint density at radius 3 is 2.17 bits per heavy atom. The van der Waals surface area contributed by atoms with Crippen LogP contribution in [0.3, 0.4) is 0 Å². The molecule has 0 spiro atoms. The molecular formula is C10H6BrF5O2. The van der Waals surface area contributed by atoms with E-state index in [1.54, 1.807) is 0 Å². The highest BCUT2D eigenvalue weighted by molar-refractivity contribution is 9.10. The zero-order valence-corrected chi connectivity index (χ0v) is 10.4. The van der Waals surface area contributed by atoms with Crippen molar-refractivity contribution in [3.63, 3.8) is 0 Å². The van der Waals surface area contributed by atoms with Crippen LogP contribution in [0.4, 0.5) is 22.0 Å². The lowest BCUT2D eigenvalue weighted by Gasteiger charge is -2.18. The van der Waals surface area contributed by atoms with Crippen LogP contribution >= 0.6 is 15.9 Å². The summed E-state index contributed by atoms with van der Waals surface area (Å²) in [5.41, 5.74) is -0.759. The van der Waals surface area contributed by atoms with Gasteiger partial charge in [0.05, 0.1) is 11.6 Å². The molecule has 0 heterocycles. The molecule has 100 valence electrons. The Bertz CT molecular complexity index is 470. The SMILES string of the molecule is COc1ccc(C(=O)C(F)(F)C(F)(F)F)cc1Br. The van der Waals surface area contributed by atoms with Gasteiger partial charge in [-0.3, -0.25) is 4.79 Å². The number of hydrogen-bond donors (Lipinski definition) is 0. The Balaban J connectivity index is 3.16. The highest BCUT2D eigenvalue weighted by atomic mass is 79.9. The van der Waals surface area contributed by atoms with Gasteiger partial charge in [-0.25, -0.2) is 0 Å². The van der Waals surface area contributed by atoms with Crippen LogP contribution in [0.2, 0.25) is 0 Å². The standard InChI is InChI=1S/C10H6BrF5O2/c1-18-7-3-2-5(4-6(7)11)8(17)9(12,13)10(14,15)16/h2-4H,1H3. The number of Topliss-reactive ketones (excluding diaryl/α,β-unsaturated/α-hetero) is 1. The smallest absolute Gasteiger partial charge is 0.461 e. The zero-order chi connectivity index (χ0) is 14.1. The quantitative estimate of drug-likeness (QED) is 0.621. The van der Waals surface area contributed by atoms with Crippen molar-refractivity contribution in [2.24, 2.45) is 0 Å². The Morgan fingerprint density at radius 2 is 1.78 bits per heavy atom. The minimum Gasteiger partial charge on any atom is -0.496 e. The Morgan fingerprint density at radius 1 is 1.22 bits per heavy atom. The molecule has 0 aliphatic rings. The third kappa shape index (κ3) is 2.63. The second kappa shape index (κ2) is 4.83. The third-order valence-corrected chi connectivity index (χ3v) is 2.67. The van der Waals surface area contributed by atoms with Crippen LogP contribution in [0.15, 0.2) is 22.7 Å². The average Bonchev–Trinajstić information content (AvgIpc) is 2.26. The molecule has 0 fully saturated rings. The molecule has 1 aromatic carbocycles. The molecular weight excluding hydrogens is 327 g/mol. The number of rotatable bonds is 3. The Labute approximate surface area is 107 Å². The van der Waals surface area contributed by atoms with Crippen molar-refractivity contribution in [1.82, 2.24) is 0 Å². The van der Waals surface area contributed by atoms with Crippen molar-refractivity contribution in [2.45, 2.75) is 12.1 Å². The van der Waals surface area contributed by atoms with Gasteiger partial charge in [0.25, 0.3) is 0 Å². The van der Waals surface area contributed by atoms with Crippen LogP contribution in [0.25, 0.3) is 0 Å². The van der Waals surface area contributed by atoms with Crippen LogP contribution in [-0.4, -0.2) is 25.0 Å². The van der Waals surface area contributed by atoms with E-state index >= 15 is 0 Å². The number of hydrogen-bond acceptors (Lipinski definition) is 2. The first kappa shape index (κ1) is 14.9. The van der Waals surface area contributed by atoms with Gasteiger partial charge in [0.2, 0.25) is 5.78 Å². The summed E-state index contributed by atoms with van der Waals surface area (Å²) in [6, 6.07) is 2.80. The van der Waals surface area contributed by atoms with Crippen molar-refractivity contribution < 1.29 is 31.5 Å². The summed E-state index contributed by atoms with van der Waals surface area (Å²) in [5, 5.41) is 0. The van der Waals surface area contributed by atoms with E-state index in [9.17, 15) is 26.7 Å². The van der Waals surface area contributed by atoms with E-state index in [2.05, 4.69) is 15.9 Å². The van der Waals surface area contributed by atoms with E-state index in [0.717, 1.165) is 18.2 Å². The van der Waals surface area contributed by atoms with Gasteiger partial charge in [-0.2, -0.15) is 22.0 Å². The van der Waals surface area contributed by atoms with Gasteiger partial charge < -0.3 is 4.74 Å². The predicted molar refractivity (Wildman–Crippen MR) is 56.0 cm³/mol. The highest BCUT2D eigenvalue weighted by Gasteiger charge is 2.63. The van der Waals surface area contributed by atoms with E-state index < -0.39 is 23.4 Å². The molecule has 1 aromatic rings. The number of alkyl halides is 5. The zero-order valence-electron chi connectivity index (χ0n) is 8.82. The maximum absolute atomic E-state index is 12.8. The molecule has 1 rings (SSSR count). The first-order valence-corrected chi connectivity index (χ1v) is 5.23. The van der Waals surface area contributed by atoms with Crippen LogP contribution in [0, 0.1) is 0 Å². The summed E-state index contributed by atoms with van der Waals surface area (Å²) in [6.45, 7) is 0. The van der Waals surface area contributed by atoms with Gasteiger partial charge in [0, 0.05) is 5.56 Å². The molecule has 0 amide bonds. The second-order valence-electron chi connectivity index (χ2n) is 3.25. The van der Waals surface area contributed by atoms with Crippen molar-refractivity contribution >= 4 is 21.7 Å². The van der Waals surface area contributed by atoms with Gasteiger partial charge in [0.15, 0.2) is 0 Å². The van der Waals surface area contributed by atoms with E-state index in [4.69, 9.17) is 4.74 Å². The number of benzene rings is 1. The Kier molecular flexibility index (Phi) is 3.99. The fourth-order valence-corrected chi connectivity index (χ4v) is 1.66. The van der Waals surface area contributed by atoms with Crippen LogP contribution in [0.1, 0.15) is 10.4 Å². The van der Waals surface area contributed by atoms with Gasteiger partial charge in [-0.1, -0.05) is 0 Å². The van der Waals surface area contributed by atoms with Gasteiger partial charge in [-0.15, -0.1) is 0 Å². The van der Waals surface area contributed by atoms with E-state index in [-0.39, 0.29) is 10.2 Å². The number of halogens is 6. The van der Waals surface area contributed by atoms with Crippen LogP contribution < -0.4 is 4.74 Å². The average molecular weight is 333 g/mol. The summed E-state index contributed by atoms with van der Waals surface area (Å²) in [5.74, 6) is -7.51. The highest BCUT2D eigenvalue weighted by Crippen LogP contribution is 2.38. The lowest BCUT2D eigenvalue weighted by molar-refractivity contribution is -0.255. The molecule has 0 bridgehead atoms. The number of ether oxygens (including phenoxy) is 1. The summed E-state index contributed by atoms with van der Waals surface area (Å²) < 4.78 is 66.5. The molecule has 0 saturated carbocycles. The summed E-state index contributed by atoms with van der Waals surface area (Å²) in [7, 11) is 1.28. The molecule has 0 atom stereocenters. The van der Waals surface area contributed by atoms with Crippen molar-refractivity contribution in [3.05, 3.63) is 28.2 Å². The van der Waals surface area contributed by atoms with Crippen LogP contribution in [-0.2, 0) is 0 Å². The largest absolute Gasteiger partial charge is 0.496 e. The van der Waals surface area contributed by atoms with Crippen molar-refractivity contribution in [2.75, 3.05) is 7.11 Å². The monoisotopic (exact) mass is 332 g/mol. The van der Waals surface area contributed by atoms with E-state index in [1.807, 2.05) is 0 Å². The summed E-state index contributed by atoms with van der Waals surface area (Å²) in [4.78, 5) is 11.1. The van der Waals surface area contributed by atoms with E-state index in [1.165, 1.54) is 7.11 Å². The molecule has 0 N–H and O–H groups in total. The molecule has 0 aromatic heterocycles. The second-order valence-corrected chi connectivity index (χ2v) is 4.10. The molecule has 0 aliphatic heterocycles. The minimum atomic E-state index is -5.92. The van der Waals surface area contributed by atoms with Gasteiger partial charge in [0.1, 0.15) is 5.75 Å². The molecule has 0 aliphatic carbocycles. The molecule has 0 radical (unpaired) electrons. The lowest BCUT2D eigenvalue weighted by atomic mass is 10.1. The molecule has 0 saturated heterocycles. The number of carbonyl (C=O) groups is 1. The first-order valence-electron chi connectivity index (χ1n) is 4.44. The van der Waals surface area contributed by atoms with E-state index in [0.29, 0.717) is 0 Å².